The minimum atomic E-state index is -4.61. The Kier molecular flexibility index (Phi) is 9.89. The van der Waals surface area contributed by atoms with Crippen LogP contribution in [0.1, 0.15) is 76.2 Å². The molecule has 1 aromatic rings. The van der Waals surface area contributed by atoms with Gasteiger partial charge in [0.25, 0.3) is 20.2 Å². The second-order valence-corrected chi connectivity index (χ2v) is 9.73. The number of unbranched alkanes of at least 4 members (excludes halogenated alkanes) is 7. The van der Waals surface area contributed by atoms with E-state index in [-0.39, 0.29) is 12.5 Å². The largest absolute Gasteiger partial charge is 0.330 e. The number of hydrogen-bond donors (Lipinski definition) is 3. The van der Waals surface area contributed by atoms with Crippen LogP contribution in [0.2, 0.25) is 0 Å². The Balaban J connectivity index is 2.79. The predicted molar refractivity (Wildman–Crippen MR) is 105 cm³/mol. The molecule has 0 aliphatic heterocycles. The molecule has 0 spiro atoms. The summed E-state index contributed by atoms with van der Waals surface area (Å²) in [4.78, 5) is -1.14. The Labute approximate surface area is 162 Å². The second-order valence-electron chi connectivity index (χ2n) is 6.88. The van der Waals surface area contributed by atoms with E-state index in [1.165, 1.54) is 44.2 Å². The molecule has 0 radical (unpaired) electrons. The molecule has 0 saturated heterocycles. The van der Waals surface area contributed by atoms with Crippen molar-refractivity contribution in [2.45, 2.75) is 80.4 Å². The van der Waals surface area contributed by atoms with E-state index >= 15 is 0 Å². The van der Waals surface area contributed by atoms with Crippen molar-refractivity contribution in [1.29, 1.82) is 0 Å². The van der Waals surface area contributed by atoms with Crippen molar-refractivity contribution in [3.8, 4) is 0 Å². The van der Waals surface area contributed by atoms with Crippen molar-refractivity contribution in [2.75, 3.05) is 6.54 Å². The summed E-state index contributed by atoms with van der Waals surface area (Å²) >= 11 is 0. The summed E-state index contributed by atoms with van der Waals surface area (Å²) in [6.07, 6.45) is 9.82. The molecule has 1 atom stereocenters. The van der Waals surface area contributed by atoms with Crippen LogP contribution < -0.4 is 5.73 Å². The summed E-state index contributed by atoms with van der Waals surface area (Å²) in [5.74, 6) is -0.257. The molecular weight excluding hydrogens is 390 g/mol. The van der Waals surface area contributed by atoms with Gasteiger partial charge in [0.05, 0.1) is 9.79 Å². The third-order valence-corrected chi connectivity index (χ3v) is 6.32. The smallest absolute Gasteiger partial charge is 0.294 e. The van der Waals surface area contributed by atoms with Crippen molar-refractivity contribution < 1.29 is 25.9 Å². The summed E-state index contributed by atoms with van der Waals surface area (Å²) in [6, 6.07) is 3.16. The van der Waals surface area contributed by atoms with Crippen molar-refractivity contribution in [2.24, 2.45) is 5.73 Å². The molecule has 156 valence electrons. The van der Waals surface area contributed by atoms with Gasteiger partial charge in [-0.2, -0.15) is 16.8 Å². The minimum Gasteiger partial charge on any atom is -0.330 e. The molecule has 1 unspecified atom stereocenters. The molecule has 7 nitrogen and oxygen atoms in total. The highest BCUT2D eigenvalue weighted by Gasteiger charge is 2.21. The first-order valence-corrected chi connectivity index (χ1v) is 12.3. The van der Waals surface area contributed by atoms with Crippen LogP contribution in [0.25, 0.3) is 0 Å². The molecule has 0 bridgehead atoms. The number of nitrogens with two attached hydrogens (primary N) is 1. The molecular formula is C18H31NO6S2. The number of rotatable bonds is 13. The van der Waals surface area contributed by atoms with Gasteiger partial charge in [0, 0.05) is 0 Å². The zero-order valence-corrected chi connectivity index (χ0v) is 17.4. The van der Waals surface area contributed by atoms with Gasteiger partial charge in [0.15, 0.2) is 0 Å². The van der Waals surface area contributed by atoms with Gasteiger partial charge in [-0.3, -0.25) is 9.11 Å². The van der Waals surface area contributed by atoms with Crippen LogP contribution in [0.4, 0.5) is 0 Å². The van der Waals surface area contributed by atoms with E-state index in [0.29, 0.717) is 12.0 Å². The molecule has 1 rings (SSSR count). The zero-order chi connectivity index (χ0) is 20.5. The molecule has 0 fully saturated rings. The summed E-state index contributed by atoms with van der Waals surface area (Å²) in [5.41, 5.74) is 6.17. The van der Waals surface area contributed by atoms with Crippen molar-refractivity contribution in [3.63, 3.8) is 0 Å². The topological polar surface area (TPSA) is 135 Å². The Morgan fingerprint density at radius 2 is 1.26 bits per heavy atom. The van der Waals surface area contributed by atoms with E-state index in [4.69, 9.17) is 5.73 Å². The van der Waals surface area contributed by atoms with E-state index < -0.39 is 30.0 Å². The standard InChI is InChI=1S/C18H31NO6S2/c1-2-3-4-5-6-7-8-9-10-15(14-19)16-11-17(26(20,21)22)13-18(12-16)27(23,24)25/h11-13,15H,2-10,14,19H2,1H3,(H,20,21,22)(H,23,24,25). The van der Waals surface area contributed by atoms with Crippen LogP contribution in [0.5, 0.6) is 0 Å². The van der Waals surface area contributed by atoms with Crippen LogP contribution in [0.3, 0.4) is 0 Å². The Hall–Kier alpha value is -1.00. The molecule has 4 N–H and O–H groups in total. The lowest BCUT2D eigenvalue weighted by atomic mass is 9.93. The Bertz CT molecular complexity index is 740. The lowest BCUT2D eigenvalue weighted by molar-refractivity contribution is 0.480. The highest BCUT2D eigenvalue weighted by atomic mass is 32.2. The molecule has 0 aromatic heterocycles. The van der Waals surface area contributed by atoms with E-state index in [9.17, 15) is 25.9 Å². The molecule has 0 saturated carbocycles. The second kappa shape index (κ2) is 11.1. The summed E-state index contributed by atoms with van der Waals surface area (Å²) < 4.78 is 64.2. The molecule has 9 heteroatoms. The maximum Gasteiger partial charge on any atom is 0.294 e. The Morgan fingerprint density at radius 1 is 0.815 bits per heavy atom. The van der Waals surface area contributed by atoms with Gasteiger partial charge in [0.1, 0.15) is 0 Å². The SMILES string of the molecule is CCCCCCCCCCC(CN)c1cc(S(=O)(=O)O)cc(S(=O)(=O)O)c1. The lowest BCUT2D eigenvalue weighted by Gasteiger charge is -2.17. The zero-order valence-electron chi connectivity index (χ0n) is 15.8. The fourth-order valence-electron chi connectivity index (χ4n) is 3.07. The van der Waals surface area contributed by atoms with Crippen LogP contribution in [-0.2, 0) is 20.2 Å². The van der Waals surface area contributed by atoms with Gasteiger partial charge >= 0.3 is 0 Å². The summed E-state index contributed by atoms with van der Waals surface area (Å²) in [7, 11) is -9.21. The summed E-state index contributed by atoms with van der Waals surface area (Å²) in [5, 5.41) is 0. The predicted octanol–water partition coefficient (Wildman–Crippen LogP) is 3.75. The van der Waals surface area contributed by atoms with Gasteiger partial charge in [-0.05, 0) is 42.6 Å². The van der Waals surface area contributed by atoms with E-state index in [0.717, 1.165) is 25.3 Å². The molecule has 0 heterocycles. The molecule has 0 amide bonds. The van der Waals surface area contributed by atoms with E-state index in [2.05, 4.69) is 6.92 Å². The normalized spacial score (nSPS) is 13.6. The first-order chi connectivity index (χ1) is 12.6. The summed E-state index contributed by atoms with van der Waals surface area (Å²) in [6.45, 7) is 2.38. The lowest BCUT2D eigenvalue weighted by Crippen LogP contribution is -2.14. The number of benzene rings is 1. The molecule has 27 heavy (non-hydrogen) atoms. The quantitative estimate of drug-likeness (QED) is 0.326. The van der Waals surface area contributed by atoms with E-state index in [1.807, 2.05) is 0 Å². The molecule has 0 aliphatic rings. The van der Waals surface area contributed by atoms with Crippen molar-refractivity contribution in [3.05, 3.63) is 23.8 Å². The third-order valence-electron chi connectivity index (χ3n) is 4.66. The fraction of sp³-hybridized carbons (Fsp3) is 0.667. The first-order valence-electron chi connectivity index (χ1n) is 9.39. The first kappa shape index (κ1) is 24.0. The van der Waals surface area contributed by atoms with Crippen LogP contribution in [0, 0.1) is 0 Å². The van der Waals surface area contributed by atoms with E-state index in [1.54, 1.807) is 0 Å². The maximum absolute atomic E-state index is 11.4. The molecule has 0 aliphatic carbocycles. The average Bonchev–Trinajstić information content (AvgIpc) is 2.58. The highest BCUT2D eigenvalue weighted by molar-refractivity contribution is 7.86. The van der Waals surface area contributed by atoms with Gasteiger partial charge in [-0.1, -0.05) is 58.3 Å². The van der Waals surface area contributed by atoms with Crippen LogP contribution in [0.15, 0.2) is 28.0 Å². The number of hydrogen-bond acceptors (Lipinski definition) is 5. The highest BCUT2D eigenvalue weighted by Crippen LogP contribution is 2.27. The van der Waals surface area contributed by atoms with Crippen molar-refractivity contribution in [1.82, 2.24) is 0 Å². The maximum atomic E-state index is 11.4. The van der Waals surface area contributed by atoms with Gasteiger partial charge in [-0.15, -0.1) is 0 Å². The Morgan fingerprint density at radius 3 is 1.67 bits per heavy atom. The van der Waals surface area contributed by atoms with Gasteiger partial charge < -0.3 is 5.73 Å². The van der Waals surface area contributed by atoms with Crippen LogP contribution >= 0.6 is 0 Å². The fourth-order valence-corrected chi connectivity index (χ4v) is 4.27. The third kappa shape index (κ3) is 8.69. The minimum absolute atomic E-state index is 0.205. The van der Waals surface area contributed by atoms with Gasteiger partial charge in [-0.25, -0.2) is 0 Å². The van der Waals surface area contributed by atoms with Crippen molar-refractivity contribution >= 4 is 20.2 Å². The van der Waals surface area contributed by atoms with Crippen LogP contribution in [-0.4, -0.2) is 32.5 Å². The van der Waals surface area contributed by atoms with Gasteiger partial charge in [0.2, 0.25) is 0 Å². The average molecular weight is 422 g/mol. The monoisotopic (exact) mass is 421 g/mol. The molecule has 1 aromatic carbocycles.